The second kappa shape index (κ2) is 19.1. The van der Waals surface area contributed by atoms with Crippen LogP contribution in [0.4, 0.5) is 0 Å². The topological polar surface area (TPSA) is 334 Å². The molecule has 3 aromatic rings. The van der Waals surface area contributed by atoms with Crippen LogP contribution in [-0.2, 0) is 90.5 Å². The van der Waals surface area contributed by atoms with E-state index >= 15 is 0 Å². The first kappa shape index (κ1) is 55.5. The molecule has 22 nitrogen and oxygen atoms in total. The lowest BCUT2D eigenvalue weighted by molar-refractivity contribution is -0.151. The van der Waals surface area contributed by atoms with Crippen LogP contribution in [0.2, 0.25) is 0 Å². The van der Waals surface area contributed by atoms with Gasteiger partial charge in [0, 0.05) is 51.5 Å². The second-order valence-corrected chi connectivity index (χ2v) is 24.3. The van der Waals surface area contributed by atoms with Gasteiger partial charge in [0.15, 0.2) is 29.9 Å². The molecule has 0 amide bonds. The van der Waals surface area contributed by atoms with Gasteiger partial charge in [-0.2, -0.15) is 8.42 Å². The van der Waals surface area contributed by atoms with Gasteiger partial charge in [-0.05, 0) is 132 Å². The largest absolute Gasteiger partial charge is 0.526 e. The third-order valence-electron chi connectivity index (χ3n) is 19.0. The molecule has 3 spiro atoms. The number of carbonyl (C=O) groups is 2. The lowest BCUT2D eigenvalue weighted by atomic mass is 9.51. The summed E-state index contributed by atoms with van der Waals surface area (Å²) in [5.41, 5.74) is 6.83. The Morgan fingerprint density at radius 3 is 1.42 bits per heavy atom. The number of hydrogen-bond donors (Lipinski definition) is 8. The standard InChI is InChI=1S/C19H21NO3.2C18H19NO4.2H2O4S/c1-20-8-7-19-13-5-6-15(22-2)18(19)23-17-12(10-21)4-3-11(16(17)19)9-14(13)20;2*1-19-7-6-17-14-10-2-3-11(9-20)15(14)23-16(17)12(21)4-5-18(17,22)13(19)8-10;2*1-5(2,3)4/h3-6,14,18,21H,7-10H2,1-2H3;2*2-5,13,16,20,22H,6-9H2,1H3;2*(H2,1,2,3,4)/p+1/t14-,18+,19+;2*13-,16+,17+,18-;;/m111../s1. The van der Waals surface area contributed by atoms with Crippen LogP contribution in [0.5, 0.6) is 17.2 Å². The number of hydrogen-bond acceptors (Lipinski definition) is 18. The van der Waals surface area contributed by atoms with Crippen molar-refractivity contribution in [3.63, 3.8) is 0 Å². The first-order chi connectivity index (χ1) is 37.3. The van der Waals surface area contributed by atoms with Crippen LogP contribution in [-0.4, -0.2) is 182 Å². The number of carbonyl (C=O) groups excluding carboxylic acids is 2. The Morgan fingerprint density at radius 1 is 0.608 bits per heavy atom. The zero-order chi connectivity index (χ0) is 56.7. The molecule has 0 saturated carbocycles. The van der Waals surface area contributed by atoms with Crippen molar-refractivity contribution in [1.82, 2.24) is 14.7 Å². The molecule has 15 rings (SSSR count). The van der Waals surface area contributed by atoms with E-state index in [0.717, 1.165) is 84.6 Å². The monoisotopic (exact) mass is 1130 g/mol. The second-order valence-electron chi connectivity index (χ2n) is 22.4. The van der Waals surface area contributed by atoms with Crippen molar-refractivity contribution in [2.24, 2.45) is 0 Å². The van der Waals surface area contributed by atoms with E-state index in [4.69, 9.17) is 54.0 Å². The smallest absolute Gasteiger partial charge is 0.497 e. The highest BCUT2D eigenvalue weighted by molar-refractivity contribution is 7.80. The Kier molecular flexibility index (Phi) is 13.4. The van der Waals surface area contributed by atoms with Gasteiger partial charge in [0.1, 0.15) is 34.2 Å². The Hall–Kier alpha value is -5.42. The van der Waals surface area contributed by atoms with Crippen molar-refractivity contribution in [3.05, 3.63) is 134 Å². The van der Waals surface area contributed by atoms with Crippen LogP contribution < -0.4 is 14.2 Å². The zero-order valence-corrected chi connectivity index (χ0v) is 45.3. The fourth-order valence-electron chi connectivity index (χ4n) is 15.8. The maximum Gasteiger partial charge on any atom is 0.526 e. The lowest BCUT2D eigenvalue weighted by Gasteiger charge is -2.60. The predicted octanol–water partition coefficient (Wildman–Crippen LogP) is 0.385. The molecule has 6 aliphatic heterocycles. The number of aliphatic hydroxyl groups excluding tert-OH is 3. The molecule has 79 heavy (non-hydrogen) atoms. The van der Waals surface area contributed by atoms with Crippen molar-refractivity contribution in [2.45, 2.75) is 122 Å². The van der Waals surface area contributed by atoms with E-state index in [1.165, 1.54) is 28.9 Å². The number of methoxy groups -OCH3 is 1. The van der Waals surface area contributed by atoms with Gasteiger partial charge >= 0.3 is 20.8 Å². The van der Waals surface area contributed by atoms with Gasteiger partial charge in [0.25, 0.3) is 0 Å². The quantitative estimate of drug-likeness (QED) is 0.129. The van der Waals surface area contributed by atoms with E-state index in [0.29, 0.717) is 41.5 Å². The maximum atomic E-state index is 12.5. The highest BCUT2D eigenvalue weighted by Gasteiger charge is 2.73. The predicted molar refractivity (Wildman–Crippen MR) is 280 cm³/mol. The SMILES string of the molecule is CN1CC[C@]23c4c5ccc(CO)c4O[C@H]2C(=O)C=C[C@@]3(O)[C@H]1C5.CN1CC[C@]23c4c5ccc(CO)c4O[C@H]2C(=O)C=C[C@@]3(O)[C@H]1C5.COC1=CC=C2[C@H]3Cc4ccc(CO)c5c4[C@@]2(CCN3C)[C@H]1O5.O=S(=O)(O)O.O=S(=O)(O)[OH2+]. The minimum Gasteiger partial charge on any atom is -0.497 e. The molecule has 3 aromatic carbocycles. The van der Waals surface area contributed by atoms with Gasteiger partial charge in [-0.15, -0.1) is 8.42 Å². The van der Waals surface area contributed by atoms with Gasteiger partial charge in [-0.1, -0.05) is 42.5 Å². The first-order valence-electron chi connectivity index (χ1n) is 25.9. The molecular formula is C55H64N3O19S2+. The third-order valence-corrected chi connectivity index (χ3v) is 19.0. The van der Waals surface area contributed by atoms with Gasteiger partial charge in [0.05, 0.1) is 43.2 Å². The van der Waals surface area contributed by atoms with Gasteiger partial charge < -0.3 is 49.0 Å². The summed E-state index contributed by atoms with van der Waals surface area (Å²) in [5, 5.41) is 52.3. The van der Waals surface area contributed by atoms with Crippen LogP contribution in [0.1, 0.15) is 69.3 Å². The van der Waals surface area contributed by atoms with Crippen molar-refractivity contribution in [2.75, 3.05) is 47.9 Å². The molecule has 6 bridgehead atoms. The average molecular weight is 1140 g/mol. The van der Waals surface area contributed by atoms with Crippen molar-refractivity contribution < 1.29 is 89.1 Å². The molecule has 10 N–H and O–H groups in total. The highest BCUT2D eigenvalue weighted by atomic mass is 32.3. The molecule has 0 unspecified atom stereocenters. The van der Waals surface area contributed by atoms with Crippen molar-refractivity contribution in [3.8, 4) is 17.2 Å². The van der Waals surface area contributed by atoms with E-state index in [1.807, 2.05) is 44.4 Å². The minimum atomic E-state index is -4.67. The number of allylic oxidation sites excluding steroid dienone is 2. The number of aliphatic hydroxyl groups is 5. The summed E-state index contributed by atoms with van der Waals surface area (Å²) in [6.07, 6.45) is 14.0. The summed E-state index contributed by atoms with van der Waals surface area (Å²) >= 11 is 0. The van der Waals surface area contributed by atoms with Crippen LogP contribution in [0.15, 0.2) is 84.2 Å². The van der Waals surface area contributed by atoms with E-state index in [9.17, 15) is 35.1 Å². The van der Waals surface area contributed by atoms with Gasteiger partial charge in [0.2, 0.25) is 0 Å². The lowest BCUT2D eigenvalue weighted by Crippen LogP contribution is -2.74. The van der Waals surface area contributed by atoms with Crippen LogP contribution in [0.3, 0.4) is 0 Å². The minimum absolute atomic E-state index is 0.0137. The third kappa shape index (κ3) is 8.00. The molecule has 24 heteroatoms. The summed E-state index contributed by atoms with van der Waals surface area (Å²) in [5.74, 6) is 2.84. The number of ketones is 2. The number of piperidine rings is 3. The van der Waals surface area contributed by atoms with E-state index < -0.39 is 55.0 Å². The number of ether oxygens (including phenoxy) is 4. The fraction of sp³-hybridized carbons (Fsp3) is 0.491. The molecule has 0 radical (unpaired) electrons. The number of rotatable bonds is 4. The zero-order valence-electron chi connectivity index (χ0n) is 43.7. The first-order valence-corrected chi connectivity index (χ1v) is 28.8. The van der Waals surface area contributed by atoms with Crippen LogP contribution >= 0.6 is 0 Å². The Morgan fingerprint density at radius 2 is 1.00 bits per heavy atom. The molecule has 12 aliphatic rings. The number of likely N-dealkylation sites (tertiary alicyclic amines) is 3. The maximum absolute atomic E-state index is 12.5. The molecule has 3 fully saturated rings. The average Bonchev–Trinajstić information content (AvgIpc) is 2.43. The van der Waals surface area contributed by atoms with Gasteiger partial charge in [-0.25, -0.2) is 4.55 Å². The summed E-state index contributed by atoms with van der Waals surface area (Å²) in [7, 11) is -1.10. The number of likely N-dealkylation sites (N-methyl/N-ethyl adjacent to an activating group) is 3. The number of benzene rings is 3. The Balaban J connectivity index is 0.000000115. The van der Waals surface area contributed by atoms with E-state index in [1.54, 1.807) is 19.3 Å². The molecule has 6 heterocycles. The number of nitrogens with zero attached hydrogens (tertiary/aromatic N) is 3. The Bertz CT molecular complexity index is 3280. The molecule has 424 valence electrons. The molecule has 11 atom stereocenters. The Labute approximate surface area is 456 Å². The highest BCUT2D eigenvalue weighted by Crippen LogP contribution is 2.65. The normalized spacial score (nSPS) is 34.5. The molecule has 6 aliphatic carbocycles. The summed E-state index contributed by atoms with van der Waals surface area (Å²) in [6.45, 7) is 2.44. The summed E-state index contributed by atoms with van der Waals surface area (Å²) in [4.78, 5) is 31.9. The fourth-order valence-corrected chi connectivity index (χ4v) is 15.8. The van der Waals surface area contributed by atoms with Crippen molar-refractivity contribution >= 4 is 32.4 Å². The summed E-state index contributed by atoms with van der Waals surface area (Å²) < 4.78 is 86.1. The van der Waals surface area contributed by atoms with Crippen molar-refractivity contribution in [1.29, 1.82) is 0 Å². The molecular weight excluding hydrogens is 1070 g/mol. The van der Waals surface area contributed by atoms with Crippen LogP contribution in [0, 0.1) is 0 Å². The van der Waals surface area contributed by atoms with Gasteiger partial charge in [-0.3, -0.25) is 33.4 Å². The molecule has 0 aromatic heterocycles. The van der Waals surface area contributed by atoms with E-state index in [-0.39, 0.29) is 55.0 Å². The molecule has 3 saturated heterocycles. The van der Waals surface area contributed by atoms with E-state index in [2.05, 4.69) is 40.0 Å². The summed E-state index contributed by atoms with van der Waals surface area (Å²) in [6, 6.07) is 12.3. The van der Waals surface area contributed by atoms with Crippen LogP contribution in [0.25, 0.3) is 0 Å².